The predicted molar refractivity (Wildman–Crippen MR) is 77.4 cm³/mol. The molecule has 0 bridgehead atoms. The summed E-state index contributed by atoms with van der Waals surface area (Å²) in [6.07, 6.45) is -3.20. The van der Waals surface area contributed by atoms with Crippen molar-refractivity contribution in [1.29, 1.82) is 0 Å². The molecule has 0 aromatic heterocycles. The molecule has 1 aliphatic heterocycles. The van der Waals surface area contributed by atoms with E-state index in [1.807, 2.05) is 11.8 Å². The van der Waals surface area contributed by atoms with Gasteiger partial charge >= 0.3 is 0 Å². The number of nitrogens with zero attached hydrogens (tertiary/aromatic N) is 1. The van der Waals surface area contributed by atoms with Gasteiger partial charge in [0.05, 0.1) is 0 Å². The summed E-state index contributed by atoms with van der Waals surface area (Å²) in [5, 5.41) is 19.7. The highest BCUT2D eigenvalue weighted by molar-refractivity contribution is 6.18. The van der Waals surface area contributed by atoms with E-state index < -0.39 is 24.6 Å². The molecular formula is C11H22Cl3NO4. The van der Waals surface area contributed by atoms with Crippen LogP contribution in [0.25, 0.3) is 0 Å². The fourth-order valence-electron chi connectivity index (χ4n) is 1.96. The number of ether oxygens (including phenoxy) is 2. The summed E-state index contributed by atoms with van der Waals surface area (Å²) in [5.74, 6) is 0.967. The van der Waals surface area contributed by atoms with Crippen molar-refractivity contribution in [2.45, 2.75) is 31.5 Å². The first kappa shape index (κ1) is 19.7. The van der Waals surface area contributed by atoms with Gasteiger partial charge in [0, 0.05) is 38.0 Å². The van der Waals surface area contributed by atoms with Crippen LogP contribution < -0.4 is 0 Å². The maximum Gasteiger partial charge on any atom is 0.186 e. The van der Waals surface area contributed by atoms with Crippen molar-refractivity contribution in [3.8, 4) is 0 Å². The molecule has 5 nitrogen and oxygen atoms in total. The standard InChI is InChI=1S/C11H21Cl2NO4.ClH/c1-2-17-11-10(16)9(15)8(18-11)7-14(5-3-12)6-4-13;/h8-11,15-16H,2-7H2,1H3;1H. The third kappa shape index (κ3) is 5.89. The van der Waals surface area contributed by atoms with E-state index >= 15 is 0 Å². The largest absolute Gasteiger partial charge is 0.387 e. The molecule has 2 N–H and O–H groups in total. The summed E-state index contributed by atoms with van der Waals surface area (Å²) in [6, 6.07) is 0. The normalized spacial score (nSPS) is 30.6. The zero-order valence-corrected chi connectivity index (χ0v) is 13.2. The summed E-state index contributed by atoms with van der Waals surface area (Å²) in [4.78, 5) is 1.99. The Balaban J connectivity index is 0.00000324. The van der Waals surface area contributed by atoms with Crippen molar-refractivity contribution in [3.63, 3.8) is 0 Å². The highest BCUT2D eigenvalue weighted by Crippen LogP contribution is 2.23. The van der Waals surface area contributed by atoms with Crippen molar-refractivity contribution in [1.82, 2.24) is 4.90 Å². The fraction of sp³-hybridized carbons (Fsp3) is 1.00. The van der Waals surface area contributed by atoms with E-state index in [-0.39, 0.29) is 12.4 Å². The van der Waals surface area contributed by atoms with Crippen LogP contribution >= 0.6 is 35.6 Å². The molecule has 0 saturated carbocycles. The topological polar surface area (TPSA) is 62.2 Å². The molecule has 1 fully saturated rings. The lowest BCUT2D eigenvalue weighted by molar-refractivity contribution is -0.164. The number of rotatable bonds is 8. The van der Waals surface area contributed by atoms with Crippen LogP contribution in [0.4, 0.5) is 0 Å². The Morgan fingerprint density at radius 2 is 1.74 bits per heavy atom. The van der Waals surface area contributed by atoms with Crippen LogP contribution in [-0.4, -0.2) is 77.7 Å². The molecule has 19 heavy (non-hydrogen) atoms. The molecule has 0 aromatic rings. The van der Waals surface area contributed by atoms with E-state index in [1.165, 1.54) is 0 Å². The Morgan fingerprint density at radius 3 is 2.21 bits per heavy atom. The van der Waals surface area contributed by atoms with E-state index in [2.05, 4.69) is 0 Å². The average Bonchev–Trinajstić information content (AvgIpc) is 2.59. The first-order valence-electron chi connectivity index (χ1n) is 6.11. The van der Waals surface area contributed by atoms with Crippen LogP contribution in [0.15, 0.2) is 0 Å². The van der Waals surface area contributed by atoms with Gasteiger partial charge in [-0.2, -0.15) is 0 Å². The lowest BCUT2D eigenvalue weighted by Crippen LogP contribution is -2.41. The molecule has 0 aromatic carbocycles. The van der Waals surface area contributed by atoms with E-state index in [4.69, 9.17) is 32.7 Å². The molecule has 0 aliphatic carbocycles. The van der Waals surface area contributed by atoms with Crippen molar-refractivity contribution in [2.24, 2.45) is 0 Å². The predicted octanol–water partition coefficient (Wildman–Crippen LogP) is 0.671. The van der Waals surface area contributed by atoms with Gasteiger partial charge in [-0.1, -0.05) is 0 Å². The van der Waals surface area contributed by atoms with Crippen LogP contribution in [0.5, 0.6) is 0 Å². The minimum Gasteiger partial charge on any atom is -0.387 e. The number of hydrogen-bond acceptors (Lipinski definition) is 5. The Bertz CT molecular complexity index is 232. The molecule has 0 amide bonds. The summed E-state index contributed by atoms with van der Waals surface area (Å²) < 4.78 is 10.7. The highest BCUT2D eigenvalue weighted by atomic mass is 35.5. The van der Waals surface area contributed by atoms with Gasteiger partial charge in [-0.3, -0.25) is 4.90 Å². The molecule has 1 heterocycles. The van der Waals surface area contributed by atoms with Crippen molar-refractivity contribution < 1.29 is 19.7 Å². The molecule has 1 rings (SSSR count). The fourth-order valence-corrected chi connectivity index (χ4v) is 2.43. The summed E-state index contributed by atoms with van der Waals surface area (Å²) in [7, 11) is 0. The minimum absolute atomic E-state index is 0. The maximum absolute atomic E-state index is 9.89. The van der Waals surface area contributed by atoms with Gasteiger partial charge < -0.3 is 19.7 Å². The Morgan fingerprint density at radius 1 is 1.16 bits per heavy atom. The van der Waals surface area contributed by atoms with Gasteiger partial charge in [0.1, 0.15) is 18.3 Å². The first-order chi connectivity index (χ1) is 8.63. The lowest BCUT2D eigenvalue weighted by atomic mass is 10.1. The van der Waals surface area contributed by atoms with Crippen LogP contribution in [0.2, 0.25) is 0 Å². The van der Waals surface area contributed by atoms with E-state index in [1.54, 1.807) is 0 Å². The van der Waals surface area contributed by atoms with E-state index in [0.717, 1.165) is 0 Å². The maximum atomic E-state index is 9.89. The molecule has 0 radical (unpaired) electrons. The second-order valence-electron chi connectivity index (χ2n) is 4.16. The summed E-state index contributed by atoms with van der Waals surface area (Å²) in [6.45, 7) is 4.03. The van der Waals surface area contributed by atoms with Crippen LogP contribution in [-0.2, 0) is 9.47 Å². The van der Waals surface area contributed by atoms with E-state index in [9.17, 15) is 10.2 Å². The Kier molecular flexibility index (Phi) is 10.8. The second kappa shape index (κ2) is 10.4. The van der Waals surface area contributed by atoms with Gasteiger partial charge in [0.25, 0.3) is 0 Å². The smallest absolute Gasteiger partial charge is 0.186 e. The van der Waals surface area contributed by atoms with Crippen LogP contribution in [0.1, 0.15) is 6.92 Å². The monoisotopic (exact) mass is 337 g/mol. The molecule has 1 aliphatic rings. The summed E-state index contributed by atoms with van der Waals surface area (Å²) >= 11 is 11.4. The second-order valence-corrected chi connectivity index (χ2v) is 4.91. The Labute approximate surface area is 130 Å². The first-order valence-corrected chi connectivity index (χ1v) is 7.18. The van der Waals surface area contributed by atoms with Gasteiger partial charge in [-0.15, -0.1) is 35.6 Å². The molecule has 0 spiro atoms. The SMILES string of the molecule is CCOC1OC(CN(CCCl)CCCl)C(O)C1O.Cl. The van der Waals surface area contributed by atoms with Crippen molar-refractivity contribution in [2.75, 3.05) is 38.0 Å². The molecule has 8 heteroatoms. The van der Waals surface area contributed by atoms with Crippen LogP contribution in [0, 0.1) is 0 Å². The molecule has 1 saturated heterocycles. The minimum atomic E-state index is -1.01. The highest BCUT2D eigenvalue weighted by Gasteiger charge is 2.43. The van der Waals surface area contributed by atoms with Crippen LogP contribution in [0.3, 0.4) is 0 Å². The quantitative estimate of drug-likeness (QED) is 0.637. The van der Waals surface area contributed by atoms with E-state index in [0.29, 0.717) is 38.0 Å². The number of aliphatic hydroxyl groups excluding tert-OH is 2. The zero-order chi connectivity index (χ0) is 13.5. The van der Waals surface area contributed by atoms with Crippen molar-refractivity contribution >= 4 is 35.6 Å². The average molecular weight is 339 g/mol. The zero-order valence-electron chi connectivity index (χ0n) is 10.9. The van der Waals surface area contributed by atoms with Gasteiger partial charge in [-0.05, 0) is 6.92 Å². The number of hydrogen-bond donors (Lipinski definition) is 2. The number of aliphatic hydroxyl groups is 2. The number of halogens is 3. The van der Waals surface area contributed by atoms with Crippen molar-refractivity contribution in [3.05, 3.63) is 0 Å². The molecule has 116 valence electrons. The molecular weight excluding hydrogens is 316 g/mol. The third-order valence-electron chi connectivity index (χ3n) is 2.89. The Hall–Kier alpha value is 0.670. The summed E-state index contributed by atoms with van der Waals surface area (Å²) in [5.41, 5.74) is 0. The van der Waals surface area contributed by atoms with Gasteiger partial charge in [0.2, 0.25) is 0 Å². The lowest BCUT2D eigenvalue weighted by Gasteiger charge is -2.25. The molecule has 4 unspecified atom stereocenters. The number of alkyl halides is 2. The molecule has 4 atom stereocenters. The third-order valence-corrected chi connectivity index (χ3v) is 3.23. The van der Waals surface area contributed by atoms with Gasteiger partial charge in [-0.25, -0.2) is 0 Å². The van der Waals surface area contributed by atoms with Gasteiger partial charge in [0.15, 0.2) is 6.29 Å².